The fraction of sp³-hybridized carbons (Fsp3) is 0.486. The third kappa shape index (κ3) is 6.54. The summed E-state index contributed by atoms with van der Waals surface area (Å²) in [6, 6.07) is 11.9. The third-order valence-electron chi connectivity index (χ3n) is 8.63. The Bertz CT molecular complexity index is 1670. The number of H-pyrrole nitrogens is 1. The maximum Gasteiger partial charge on any atom is 0.407 e. The minimum atomic E-state index is -0.544. The Labute approximate surface area is 264 Å². The monoisotopic (exact) mass is 613 g/mol. The first-order valence-electron chi connectivity index (χ1n) is 15.7. The quantitative estimate of drug-likeness (QED) is 0.340. The third-order valence-corrected chi connectivity index (χ3v) is 8.63. The molecule has 238 valence electrons. The van der Waals surface area contributed by atoms with Crippen LogP contribution in [0.5, 0.6) is 0 Å². The van der Waals surface area contributed by atoms with Gasteiger partial charge in [0.1, 0.15) is 12.2 Å². The van der Waals surface area contributed by atoms with Gasteiger partial charge in [-0.2, -0.15) is 5.26 Å². The number of fused-ring (bicyclic) bond motifs is 4. The molecule has 3 aromatic rings. The first-order valence-corrected chi connectivity index (χ1v) is 15.7. The molecule has 1 fully saturated rings. The summed E-state index contributed by atoms with van der Waals surface area (Å²) in [5.74, 6) is -0.0406. The molecule has 5 rings (SSSR count). The van der Waals surface area contributed by atoms with Gasteiger partial charge in [-0.25, -0.2) is 4.79 Å². The predicted molar refractivity (Wildman–Crippen MR) is 173 cm³/mol. The van der Waals surface area contributed by atoms with Crippen molar-refractivity contribution in [2.45, 2.75) is 65.4 Å². The molecule has 2 N–H and O–H groups in total. The molecule has 0 saturated carbocycles. The zero-order chi connectivity index (χ0) is 32.5. The largest absolute Gasteiger partial charge is 0.444 e. The first kappa shape index (κ1) is 32.0. The van der Waals surface area contributed by atoms with E-state index >= 15 is 0 Å². The van der Waals surface area contributed by atoms with E-state index in [4.69, 9.17) is 9.47 Å². The molecule has 0 spiro atoms. The molecule has 45 heavy (non-hydrogen) atoms. The van der Waals surface area contributed by atoms with Crippen molar-refractivity contribution < 1.29 is 23.9 Å². The normalized spacial score (nSPS) is 15.8. The van der Waals surface area contributed by atoms with Gasteiger partial charge >= 0.3 is 6.09 Å². The van der Waals surface area contributed by atoms with E-state index in [9.17, 15) is 19.6 Å². The van der Waals surface area contributed by atoms with E-state index in [0.29, 0.717) is 56.9 Å². The molecule has 10 nitrogen and oxygen atoms in total. The Kier molecular flexibility index (Phi) is 8.95. The number of nitrogens with one attached hydrogen (secondary N) is 2. The fourth-order valence-corrected chi connectivity index (χ4v) is 6.28. The van der Waals surface area contributed by atoms with Gasteiger partial charge in [-0.15, -0.1) is 0 Å². The zero-order valence-corrected chi connectivity index (χ0v) is 27.1. The number of anilines is 1. The van der Waals surface area contributed by atoms with Gasteiger partial charge in [0.25, 0.3) is 0 Å². The number of alkyl carbamates (subject to hydrolysis) is 1. The van der Waals surface area contributed by atoms with Gasteiger partial charge in [0.05, 0.1) is 17.2 Å². The molecule has 1 aromatic heterocycles. The molecular formula is C35H43N5O5. The van der Waals surface area contributed by atoms with E-state index in [1.807, 2.05) is 31.7 Å². The van der Waals surface area contributed by atoms with Crippen molar-refractivity contribution in [3.63, 3.8) is 0 Å². The number of aromatic nitrogens is 1. The molecule has 0 bridgehead atoms. The maximum absolute atomic E-state index is 13.9. The van der Waals surface area contributed by atoms with Gasteiger partial charge in [0.2, 0.25) is 5.91 Å². The molecule has 0 unspecified atom stereocenters. The Morgan fingerprint density at radius 2 is 1.84 bits per heavy atom. The number of nitrogens with zero attached hydrogens (tertiary/aromatic N) is 3. The average Bonchev–Trinajstić information content (AvgIpc) is 3.40. The van der Waals surface area contributed by atoms with Gasteiger partial charge < -0.3 is 29.6 Å². The Balaban J connectivity index is 1.22. The van der Waals surface area contributed by atoms with Crippen LogP contribution >= 0.6 is 0 Å². The second-order valence-electron chi connectivity index (χ2n) is 13.3. The van der Waals surface area contributed by atoms with Crippen molar-refractivity contribution >= 4 is 34.4 Å². The van der Waals surface area contributed by atoms with E-state index in [1.165, 1.54) is 0 Å². The number of ether oxygens (including phenoxy) is 2. The minimum Gasteiger partial charge on any atom is -0.444 e. The van der Waals surface area contributed by atoms with Crippen LogP contribution in [-0.2, 0) is 26.1 Å². The summed E-state index contributed by atoms with van der Waals surface area (Å²) >= 11 is 0. The number of piperazine rings is 1. The maximum atomic E-state index is 13.9. The average molecular weight is 614 g/mol. The van der Waals surface area contributed by atoms with Crippen LogP contribution in [0.4, 0.5) is 10.5 Å². The lowest BCUT2D eigenvalue weighted by Gasteiger charge is -2.39. The number of hydrogen-bond donors (Lipinski definition) is 2. The zero-order valence-electron chi connectivity index (χ0n) is 27.1. The topological polar surface area (TPSA) is 128 Å². The Morgan fingerprint density at radius 1 is 1.11 bits per heavy atom. The summed E-state index contributed by atoms with van der Waals surface area (Å²) in [6.07, 6.45) is 0.894. The fourth-order valence-electron chi connectivity index (χ4n) is 6.28. The molecule has 0 atom stereocenters. The lowest BCUT2D eigenvalue weighted by Crippen LogP contribution is -2.50. The van der Waals surface area contributed by atoms with Crippen LogP contribution in [0.15, 0.2) is 30.3 Å². The first-order chi connectivity index (χ1) is 21.3. The highest BCUT2D eigenvalue weighted by Crippen LogP contribution is 2.45. The highest BCUT2D eigenvalue weighted by Gasteiger charge is 2.40. The molecule has 1 aliphatic carbocycles. The summed E-state index contributed by atoms with van der Waals surface area (Å²) < 4.78 is 10.8. The molecule has 10 heteroatoms. The smallest absolute Gasteiger partial charge is 0.407 e. The molecule has 1 aliphatic heterocycles. The number of rotatable bonds is 8. The molecule has 2 heterocycles. The molecular weight excluding hydrogens is 570 g/mol. The van der Waals surface area contributed by atoms with Crippen molar-refractivity contribution in [1.82, 2.24) is 15.2 Å². The lowest BCUT2D eigenvalue weighted by molar-refractivity contribution is -0.136. The number of ketones is 1. The number of carbonyl (C=O) groups is 3. The van der Waals surface area contributed by atoms with Crippen molar-refractivity contribution in [2.75, 3.05) is 50.8 Å². The van der Waals surface area contributed by atoms with Gasteiger partial charge in [-0.3, -0.25) is 9.59 Å². The van der Waals surface area contributed by atoms with Crippen molar-refractivity contribution in [1.29, 1.82) is 5.26 Å². The van der Waals surface area contributed by atoms with Crippen LogP contribution in [0.25, 0.3) is 10.9 Å². The van der Waals surface area contributed by atoms with Crippen molar-refractivity contribution in [3.05, 3.63) is 63.8 Å². The lowest BCUT2D eigenvalue weighted by atomic mass is 9.70. The van der Waals surface area contributed by atoms with Crippen LogP contribution in [0.3, 0.4) is 0 Å². The van der Waals surface area contributed by atoms with Gasteiger partial charge in [0, 0.05) is 72.6 Å². The predicted octanol–water partition coefficient (Wildman–Crippen LogP) is 5.05. The van der Waals surface area contributed by atoms with E-state index in [1.54, 1.807) is 12.1 Å². The number of benzene rings is 2. The van der Waals surface area contributed by atoms with Crippen LogP contribution in [0.1, 0.15) is 86.3 Å². The van der Waals surface area contributed by atoms with Crippen LogP contribution in [-0.4, -0.2) is 79.2 Å². The number of nitriles is 1. The number of hydrogen-bond acceptors (Lipinski definition) is 7. The molecule has 0 radical (unpaired) electrons. The summed E-state index contributed by atoms with van der Waals surface area (Å²) in [5.41, 5.74) is 5.83. The van der Waals surface area contributed by atoms with Gasteiger partial charge in [-0.1, -0.05) is 26.8 Å². The number of carbonyl (C=O) groups excluding carboxylic acids is 3. The highest BCUT2D eigenvalue weighted by molar-refractivity contribution is 6.20. The summed E-state index contributed by atoms with van der Waals surface area (Å²) in [5, 5.41) is 12.9. The van der Waals surface area contributed by atoms with Crippen molar-refractivity contribution in [3.8, 4) is 6.07 Å². The standard InChI is InChI=1S/C35H43N5O5/c1-7-23-18-25-26(35(5,6)32-30(31(25)42)24-10-9-22(20-36)17-27(24)38-32)19-28(23)39-12-14-40(15-13-39)29(41)21-44-16-8-11-37-33(43)45-34(2,3)4/h9-10,17-19,38H,7-8,11-16,21H2,1-6H3,(H,37,43). The van der Waals surface area contributed by atoms with E-state index < -0.39 is 17.1 Å². The van der Waals surface area contributed by atoms with Gasteiger partial charge in [-0.05, 0) is 69.0 Å². The second-order valence-corrected chi connectivity index (χ2v) is 13.3. The minimum absolute atomic E-state index is 0.00445. The van der Waals surface area contributed by atoms with E-state index in [0.717, 1.165) is 45.4 Å². The molecule has 2 amide bonds. The summed E-state index contributed by atoms with van der Waals surface area (Å²) in [7, 11) is 0. The number of amides is 2. The van der Waals surface area contributed by atoms with Crippen LogP contribution in [0, 0.1) is 11.3 Å². The van der Waals surface area contributed by atoms with E-state index in [2.05, 4.69) is 54.2 Å². The SMILES string of the molecule is CCc1cc2c(cc1N1CCN(C(=O)COCCCNC(=O)OC(C)(C)C)CC1)C(C)(C)c1[nH]c3cc(C#N)ccc3c1C2=O. The molecule has 2 aromatic carbocycles. The van der Waals surface area contributed by atoms with Crippen molar-refractivity contribution in [2.24, 2.45) is 0 Å². The Morgan fingerprint density at radius 3 is 2.51 bits per heavy atom. The van der Waals surface area contributed by atoms with Crippen LogP contribution in [0.2, 0.25) is 0 Å². The van der Waals surface area contributed by atoms with Crippen LogP contribution < -0.4 is 10.2 Å². The summed E-state index contributed by atoms with van der Waals surface area (Å²) in [4.78, 5) is 46.1. The number of aryl methyl sites for hydroxylation is 1. The highest BCUT2D eigenvalue weighted by atomic mass is 16.6. The molecule has 2 aliphatic rings. The summed E-state index contributed by atoms with van der Waals surface area (Å²) in [6.45, 7) is 15.1. The Hall–Kier alpha value is -4.36. The van der Waals surface area contributed by atoms with Gasteiger partial charge in [0.15, 0.2) is 5.78 Å². The van der Waals surface area contributed by atoms with E-state index in [-0.39, 0.29) is 18.3 Å². The number of aromatic amines is 1. The second kappa shape index (κ2) is 12.6. The molecule has 1 saturated heterocycles.